The molecule has 0 fully saturated rings. The molecule has 20 heavy (non-hydrogen) atoms. The van der Waals surface area contributed by atoms with Gasteiger partial charge in [0, 0.05) is 38.9 Å². The monoisotopic (exact) mass is 282 g/mol. The SMILES string of the molecule is COCCNC(=O)CCNc1nccc(OC(C)C)n1. The van der Waals surface area contributed by atoms with E-state index in [0.717, 1.165) is 0 Å². The molecule has 1 amide bonds. The molecule has 1 rings (SSSR count). The Hall–Kier alpha value is -1.89. The van der Waals surface area contributed by atoms with Crippen LogP contribution in [0.4, 0.5) is 5.95 Å². The summed E-state index contributed by atoms with van der Waals surface area (Å²) in [5.74, 6) is 0.930. The molecule has 2 N–H and O–H groups in total. The molecule has 0 bridgehead atoms. The predicted octanol–water partition coefficient (Wildman–Crippen LogP) is 0.828. The highest BCUT2D eigenvalue weighted by Crippen LogP contribution is 2.09. The van der Waals surface area contributed by atoms with Crippen molar-refractivity contribution in [3.8, 4) is 5.88 Å². The predicted molar refractivity (Wildman–Crippen MR) is 75.8 cm³/mol. The summed E-state index contributed by atoms with van der Waals surface area (Å²) in [5.41, 5.74) is 0. The molecule has 7 nitrogen and oxygen atoms in total. The number of amides is 1. The van der Waals surface area contributed by atoms with Gasteiger partial charge in [0.05, 0.1) is 12.7 Å². The standard InChI is InChI=1S/C13H22N4O3/c1-10(2)20-12-5-7-16-13(17-12)15-6-4-11(18)14-8-9-19-3/h5,7,10H,4,6,8-9H2,1-3H3,(H,14,18)(H,15,16,17). The summed E-state index contributed by atoms with van der Waals surface area (Å²) in [4.78, 5) is 19.7. The lowest BCUT2D eigenvalue weighted by atomic mass is 10.4. The van der Waals surface area contributed by atoms with Crippen LogP contribution < -0.4 is 15.4 Å². The summed E-state index contributed by atoms with van der Waals surface area (Å²) in [6.45, 7) is 5.35. The van der Waals surface area contributed by atoms with E-state index in [-0.39, 0.29) is 12.0 Å². The molecule has 1 aromatic heterocycles. The number of nitrogens with one attached hydrogen (secondary N) is 2. The van der Waals surface area contributed by atoms with Crippen LogP contribution in [0.1, 0.15) is 20.3 Å². The van der Waals surface area contributed by atoms with Crippen LogP contribution in [0.25, 0.3) is 0 Å². The van der Waals surface area contributed by atoms with E-state index < -0.39 is 0 Å². The Morgan fingerprint density at radius 3 is 2.90 bits per heavy atom. The minimum Gasteiger partial charge on any atom is -0.475 e. The molecule has 0 radical (unpaired) electrons. The maximum Gasteiger partial charge on any atom is 0.225 e. The summed E-state index contributed by atoms with van der Waals surface area (Å²) >= 11 is 0. The number of carbonyl (C=O) groups is 1. The van der Waals surface area contributed by atoms with E-state index in [1.807, 2.05) is 13.8 Å². The van der Waals surface area contributed by atoms with Gasteiger partial charge >= 0.3 is 0 Å². The van der Waals surface area contributed by atoms with Crippen molar-refractivity contribution in [3.05, 3.63) is 12.3 Å². The van der Waals surface area contributed by atoms with Crippen molar-refractivity contribution in [2.24, 2.45) is 0 Å². The third kappa shape index (κ3) is 6.89. The number of hydrogen-bond acceptors (Lipinski definition) is 6. The number of anilines is 1. The maximum absolute atomic E-state index is 11.4. The molecule has 0 saturated heterocycles. The Bertz CT molecular complexity index is 412. The first kappa shape index (κ1) is 16.2. The molecule has 0 spiro atoms. The first-order valence-corrected chi connectivity index (χ1v) is 6.61. The Morgan fingerprint density at radius 2 is 2.20 bits per heavy atom. The summed E-state index contributed by atoms with van der Waals surface area (Å²) in [7, 11) is 1.59. The Balaban J connectivity index is 2.29. The number of nitrogens with zero attached hydrogens (tertiary/aromatic N) is 2. The lowest BCUT2D eigenvalue weighted by Gasteiger charge is -2.10. The van der Waals surface area contributed by atoms with Gasteiger partial charge in [-0.25, -0.2) is 4.98 Å². The smallest absolute Gasteiger partial charge is 0.225 e. The molecule has 0 aliphatic carbocycles. The van der Waals surface area contributed by atoms with Gasteiger partial charge < -0.3 is 20.1 Å². The fraction of sp³-hybridized carbons (Fsp3) is 0.615. The molecule has 112 valence electrons. The van der Waals surface area contributed by atoms with E-state index in [1.54, 1.807) is 19.4 Å². The highest BCUT2D eigenvalue weighted by Gasteiger charge is 2.04. The summed E-state index contributed by atoms with van der Waals surface area (Å²) in [6.07, 6.45) is 2.03. The second kappa shape index (κ2) is 9.08. The summed E-state index contributed by atoms with van der Waals surface area (Å²) in [5, 5.41) is 5.72. The van der Waals surface area contributed by atoms with Gasteiger partial charge in [0.1, 0.15) is 0 Å². The van der Waals surface area contributed by atoms with Gasteiger partial charge in [-0.15, -0.1) is 0 Å². The topological polar surface area (TPSA) is 85.4 Å². The van der Waals surface area contributed by atoms with Crippen molar-refractivity contribution in [3.63, 3.8) is 0 Å². The van der Waals surface area contributed by atoms with Crippen LogP contribution in [0.2, 0.25) is 0 Å². The zero-order valence-electron chi connectivity index (χ0n) is 12.2. The summed E-state index contributed by atoms with van der Waals surface area (Å²) in [6, 6.07) is 1.70. The Labute approximate surface area is 119 Å². The van der Waals surface area contributed by atoms with Gasteiger partial charge in [-0.1, -0.05) is 0 Å². The molecule has 1 aromatic rings. The first-order valence-electron chi connectivity index (χ1n) is 6.61. The van der Waals surface area contributed by atoms with Gasteiger partial charge in [0.15, 0.2) is 0 Å². The number of rotatable bonds is 9. The number of ether oxygens (including phenoxy) is 2. The van der Waals surface area contributed by atoms with E-state index in [1.165, 1.54) is 0 Å². The average Bonchev–Trinajstić information content (AvgIpc) is 2.39. The van der Waals surface area contributed by atoms with Gasteiger partial charge in [-0.2, -0.15) is 4.98 Å². The van der Waals surface area contributed by atoms with E-state index in [4.69, 9.17) is 9.47 Å². The van der Waals surface area contributed by atoms with Crippen LogP contribution >= 0.6 is 0 Å². The number of aromatic nitrogens is 2. The Kier molecular flexibility index (Phi) is 7.34. The fourth-order valence-corrected chi connectivity index (χ4v) is 1.40. The lowest BCUT2D eigenvalue weighted by Crippen LogP contribution is -2.28. The lowest BCUT2D eigenvalue weighted by molar-refractivity contribution is -0.121. The molecule has 0 saturated carbocycles. The number of hydrogen-bond donors (Lipinski definition) is 2. The van der Waals surface area contributed by atoms with E-state index in [0.29, 0.717) is 37.9 Å². The van der Waals surface area contributed by atoms with Crippen molar-refractivity contribution >= 4 is 11.9 Å². The third-order valence-corrected chi connectivity index (χ3v) is 2.25. The van der Waals surface area contributed by atoms with Crippen molar-refractivity contribution in [2.75, 3.05) is 32.1 Å². The normalized spacial score (nSPS) is 10.4. The number of methoxy groups -OCH3 is 1. The molecule has 1 heterocycles. The Morgan fingerprint density at radius 1 is 1.40 bits per heavy atom. The van der Waals surface area contributed by atoms with Crippen molar-refractivity contribution in [2.45, 2.75) is 26.4 Å². The molecular formula is C13H22N4O3. The zero-order chi connectivity index (χ0) is 14.8. The maximum atomic E-state index is 11.4. The minimum absolute atomic E-state index is 0.0378. The molecular weight excluding hydrogens is 260 g/mol. The largest absolute Gasteiger partial charge is 0.475 e. The van der Waals surface area contributed by atoms with Gasteiger partial charge in [-0.3, -0.25) is 4.79 Å². The second-order valence-electron chi connectivity index (χ2n) is 4.40. The van der Waals surface area contributed by atoms with Crippen LogP contribution in [0.3, 0.4) is 0 Å². The molecule has 7 heteroatoms. The highest BCUT2D eigenvalue weighted by molar-refractivity contribution is 5.76. The van der Waals surface area contributed by atoms with Crippen molar-refractivity contribution < 1.29 is 14.3 Å². The first-order chi connectivity index (χ1) is 9.61. The number of carbonyl (C=O) groups excluding carboxylic acids is 1. The second-order valence-corrected chi connectivity index (χ2v) is 4.40. The molecule has 0 unspecified atom stereocenters. The molecule has 0 aliphatic heterocycles. The highest BCUT2D eigenvalue weighted by atomic mass is 16.5. The van der Waals surface area contributed by atoms with Crippen LogP contribution in [0.5, 0.6) is 5.88 Å². The molecule has 0 aromatic carbocycles. The third-order valence-electron chi connectivity index (χ3n) is 2.25. The van der Waals surface area contributed by atoms with Crippen LogP contribution in [-0.4, -0.2) is 48.8 Å². The van der Waals surface area contributed by atoms with Crippen LogP contribution in [-0.2, 0) is 9.53 Å². The van der Waals surface area contributed by atoms with E-state index in [9.17, 15) is 4.79 Å². The van der Waals surface area contributed by atoms with Crippen molar-refractivity contribution in [1.82, 2.24) is 15.3 Å². The van der Waals surface area contributed by atoms with E-state index in [2.05, 4.69) is 20.6 Å². The minimum atomic E-state index is -0.0378. The fourth-order valence-electron chi connectivity index (χ4n) is 1.40. The van der Waals surface area contributed by atoms with Gasteiger partial charge in [0.2, 0.25) is 17.7 Å². The van der Waals surface area contributed by atoms with E-state index >= 15 is 0 Å². The summed E-state index contributed by atoms with van der Waals surface area (Å²) < 4.78 is 10.3. The molecule has 0 atom stereocenters. The molecule has 0 aliphatic rings. The quantitative estimate of drug-likeness (QED) is 0.652. The van der Waals surface area contributed by atoms with Gasteiger partial charge in [0.25, 0.3) is 0 Å². The van der Waals surface area contributed by atoms with Crippen LogP contribution in [0, 0.1) is 0 Å². The van der Waals surface area contributed by atoms with Crippen LogP contribution in [0.15, 0.2) is 12.3 Å². The zero-order valence-corrected chi connectivity index (χ0v) is 12.2. The van der Waals surface area contributed by atoms with Gasteiger partial charge in [-0.05, 0) is 13.8 Å². The average molecular weight is 282 g/mol. The van der Waals surface area contributed by atoms with Crippen molar-refractivity contribution in [1.29, 1.82) is 0 Å².